The summed E-state index contributed by atoms with van der Waals surface area (Å²) < 4.78 is 5.59. The standard InChI is InChI=1S/C6H9BrN2O.ClH/c1-6(2,8)4-3-5(7)9-10-4;/h3H,8H2,1-2H3;1H. The lowest BCUT2D eigenvalue weighted by Gasteiger charge is -2.12. The number of nitrogens with two attached hydrogens (primary N) is 1. The molecule has 0 bridgehead atoms. The van der Waals surface area contributed by atoms with Crippen molar-refractivity contribution in [3.05, 3.63) is 16.4 Å². The highest BCUT2D eigenvalue weighted by atomic mass is 79.9. The van der Waals surface area contributed by atoms with E-state index in [4.69, 9.17) is 10.3 Å². The predicted molar refractivity (Wildman–Crippen MR) is 48.7 cm³/mol. The van der Waals surface area contributed by atoms with Crippen LogP contribution in [-0.4, -0.2) is 5.16 Å². The van der Waals surface area contributed by atoms with Gasteiger partial charge in [-0.05, 0) is 29.8 Å². The molecular formula is C6H10BrClN2O. The number of nitrogens with zero attached hydrogens (tertiary/aromatic N) is 1. The van der Waals surface area contributed by atoms with Crippen molar-refractivity contribution in [2.45, 2.75) is 19.4 Å². The van der Waals surface area contributed by atoms with Gasteiger partial charge in [0, 0.05) is 6.07 Å². The van der Waals surface area contributed by atoms with E-state index in [-0.39, 0.29) is 12.4 Å². The van der Waals surface area contributed by atoms with Gasteiger partial charge in [-0.15, -0.1) is 12.4 Å². The van der Waals surface area contributed by atoms with Gasteiger partial charge >= 0.3 is 0 Å². The molecule has 1 aromatic heterocycles. The van der Waals surface area contributed by atoms with Crippen molar-refractivity contribution in [1.29, 1.82) is 0 Å². The monoisotopic (exact) mass is 240 g/mol. The SMILES string of the molecule is CC(C)(N)c1cc(Br)no1.Cl. The summed E-state index contributed by atoms with van der Waals surface area (Å²) in [7, 11) is 0. The second-order valence-corrected chi connectivity index (χ2v) is 3.55. The molecule has 3 nitrogen and oxygen atoms in total. The second-order valence-electron chi connectivity index (χ2n) is 2.74. The van der Waals surface area contributed by atoms with Gasteiger partial charge in [0.1, 0.15) is 4.60 Å². The first-order chi connectivity index (χ1) is 4.50. The molecule has 1 aromatic rings. The van der Waals surface area contributed by atoms with Crippen LogP contribution in [0, 0.1) is 0 Å². The molecule has 0 amide bonds. The zero-order chi connectivity index (χ0) is 7.78. The van der Waals surface area contributed by atoms with Crippen LogP contribution in [0.4, 0.5) is 0 Å². The van der Waals surface area contributed by atoms with Crippen molar-refractivity contribution in [3.8, 4) is 0 Å². The van der Waals surface area contributed by atoms with Crippen LogP contribution in [0.1, 0.15) is 19.6 Å². The van der Waals surface area contributed by atoms with E-state index in [0.717, 1.165) is 0 Å². The summed E-state index contributed by atoms with van der Waals surface area (Å²) in [5.74, 6) is 0.680. The van der Waals surface area contributed by atoms with Crippen LogP contribution in [-0.2, 0) is 5.54 Å². The molecule has 0 unspecified atom stereocenters. The summed E-state index contributed by atoms with van der Waals surface area (Å²) >= 11 is 3.16. The number of halogens is 2. The smallest absolute Gasteiger partial charge is 0.157 e. The molecule has 0 radical (unpaired) electrons. The average Bonchev–Trinajstić information content (AvgIpc) is 2.11. The largest absolute Gasteiger partial charge is 0.358 e. The van der Waals surface area contributed by atoms with E-state index in [1.807, 2.05) is 13.8 Å². The molecule has 0 atom stereocenters. The zero-order valence-corrected chi connectivity index (χ0v) is 8.70. The first-order valence-corrected chi connectivity index (χ1v) is 3.71. The van der Waals surface area contributed by atoms with Crippen LogP contribution >= 0.6 is 28.3 Å². The summed E-state index contributed by atoms with van der Waals surface area (Å²) in [5.41, 5.74) is 5.27. The third kappa shape index (κ3) is 2.81. The molecule has 1 heterocycles. The number of aromatic nitrogens is 1. The van der Waals surface area contributed by atoms with Gasteiger partial charge in [0.15, 0.2) is 5.76 Å². The Kier molecular flexibility index (Phi) is 3.54. The molecule has 0 aromatic carbocycles. The molecule has 11 heavy (non-hydrogen) atoms. The van der Waals surface area contributed by atoms with Crippen molar-refractivity contribution < 1.29 is 4.52 Å². The maximum absolute atomic E-state index is 5.72. The molecule has 0 fully saturated rings. The van der Waals surface area contributed by atoms with Gasteiger partial charge in [-0.2, -0.15) is 0 Å². The van der Waals surface area contributed by atoms with Gasteiger partial charge in [0.05, 0.1) is 5.54 Å². The van der Waals surface area contributed by atoms with Crippen LogP contribution in [0.15, 0.2) is 15.2 Å². The first-order valence-electron chi connectivity index (χ1n) is 2.92. The van der Waals surface area contributed by atoms with Crippen molar-refractivity contribution in [2.24, 2.45) is 5.73 Å². The van der Waals surface area contributed by atoms with E-state index in [1.54, 1.807) is 6.07 Å². The van der Waals surface area contributed by atoms with Gasteiger partial charge in [0.25, 0.3) is 0 Å². The Balaban J connectivity index is 0.000001000. The summed E-state index contributed by atoms with van der Waals surface area (Å²) in [6, 6.07) is 1.76. The van der Waals surface area contributed by atoms with Crippen molar-refractivity contribution in [3.63, 3.8) is 0 Å². The highest BCUT2D eigenvalue weighted by Gasteiger charge is 2.19. The van der Waals surface area contributed by atoms with Gasteiger partial charge in [-0.3, -0.25) is 0 Å². The summed E-state index contributed by atoms with van der Waals surface area (Å²) in [6.07, 6.45) is 0. The van der Waals surface area contributed by atoms with Crippen LogP contribution in [0.25, 0.3) is 0 Å². The van der Waals surface area contributed by atoms with Crippen LogP contribution in [0.3, 0.4) is 0 Å². The topological polar surface area (TPSA) is 52.0 Å². The zero-order valence-electron chi connectivity index (χ0n) is 6.30. The van der Waals surface area contributed by atoms with Gasteiger partial charge in [-0.1, -0.05) is 5.16 Å². The Hall–Kier alpha value is -0.0600. The lowest BCUT2D eigenvalue weighted by molar-refractivity contribution is 0.319. The lowest BCUT2D eigenvalue weighted by atomic mass is 10.0. The Labute approximate surface area is 79.9 Å². The minimum Gasteiger partial charge on any atom is -0.358 e. The summed E-state index contributed by atoms with van der Waals surface area (Å²) in [5, 5.41) is 3.64. The minimum absolute atomic E-state index is 0. The fourth-order valence-corrected chi connectivity index (χ4v) is 0.838. The predicted octanol–water partition coefficient (Wildman–Crippen LogP) is 2.05. The maximum atomic E-state index is 5.72. The van der Waals surface area contributed by atoms with E-state index < -0.39 is 5.54 Å². The quantitative estimate of drug-likeness (QED) is 0.819. The van der Waals surface area contributed by atoms with E-state index in [1.165, 1.54) is 0 Å². The van der Waals surface area contributed by atoms with E-state index >= 15 is 0 Å². The van der Waals surface area contributed by atoms with Gasteiger partial charge < -0.3 is 10.3 Å². The highest BCUT2D eigenvalue weighted by Crippen LogP contribution is 2.19. The Morgan fingerprint density at radius 2 is 2.18 bits per heavy atom. The van der Waals surface area contributed by atoms with Crippen LogP contribution < -0.4 is 5.73 Å². The Bertz CT molecular complexity index is 231. The number of rotatable bonds is 1. The molecule has 2 N–H and O–H groups in total. The van der Waals surface area contributed by atoms with E-state index in [0.29, 0.717) is 10.4 Å². The van der Waals surface area contributed by atoms with E-state index in [9.17, 15) is 0 Å². The summed E-state index contributed by atoms with van der Waals surface area (Å²) in [6.45, 7) is 3.72. The van der Waals surface area contributed by atoms with Crippen molar-refractivity contribution in [1.82, 2.24) is 5.16 Å². The third-order valence-corrected chi connectivity index (χ3v) is 1.49. The fraction of sp³-hybridized carbons (Fsp3) is 0.500. The molecular weight excluding hydrogens is 231 g/mol. The molecule has 1 rings (SSSR count). The van der Waals surface area contributed by atoms with Gasteiger partial charge in [0.2, 0.25) is 0 Å². The highest BCUT2D eigenvalue weighted by molar-refractivity contribution is 9.10. The molecule has 0 aliphatic rings. The lowest BCUT2D eigenvalue weighted by Crippen LogP contribution is -2.27. The fourth-order valence-electron chi connectivity index (χ4n) is 0.557. The second kappa shape index (κ2) is 3.56. The van der Waals surface area contributed by atoms with Crippen molar-refractivity contribution in [2.75, 3.05) is 0 Å². The molecule has 0 spiro atoms. The summed E-state index contributed by atoms with van der Waals surface area (Å²) in [4.78, 5) is 0. The number of hydrogen-bond donors (Lipinski definition) is 1. The van der Waals surface area contributed by atoms with Crippen LogP contribution in [0.5, 0.6) is 0 Å². The maximum Gasteiger partial charge on any atom is 0.157 e. The normalized spacial score (nSPS) is 10.9. The Morgan fingerprint density at radius 3 is 2.36 bits per heavy atom. The van der Waals surface area contributed by atoms with Crippen molar-refractivity contribution >= 4 is 28.3 Å². The van der Waals surface area contributed by atoms with Gasteiger partial charge in [-0.25, -0.2) is 0 Å². The molecule has 0 saturated carbocycles. The van der Waals surface area contributed by atoms with Crippen LogP contribution in [0.2, 0.25) is 0 Å². The molecule has 0 saturated heterocycles. The molecule has 0 aliphatic heterocycles. The molecule has 0 aliphatic carbocycles. The molecule has 64 valence electrons. The first kappa shape index (κ1) is 10.9. The Morgan fingerprint density at radius 1 is 1.64 bits per heavy atom. The molecule has 5 heteroatoms. The minimum atomic E-state index is -0.445. The number of hydrogen-bond acceptors (Lipinski definition) is 3. The van der Waals surface area contributed by atoms with E-state index in [2.05, 4.69) is 21.1 Å². The average molecular weight is 242 g/mol. The third-order valence-electron chi connectivity index (χ3n) is 1.12.